The Hall–Kier alpha value is -1.40. The second kappa shape index (κ2) is 7.45. The Morgan fingerprint density at radius 3 is 2.35 bits per heavy atom. The molecule has 0 unspecified atom stereocenters. The van der Waals surface area contributed by atoms with Crippen molar-refractivity contribution in [1.82, 2.24) is 14.7 Å². The van der Waals surface area contributed by atoms with Crippen LogP contribution in [0.3, 0.4) is 0 Å². The zero-order valence-corrected chi connectivity index (χ0v) is 14.6. The molecule has 0 atom stereocenters. The maximum absolute atomic E-state index is 12.7. The highest BCUT2D eigenvalue weighted by Gasteiger charge is 2.30. The molecule has 0 radical (unpaired) electrons. The largest absolute Gasteiger partial charge is 0.343 e. The molecule has 3 rings (SSSR count). The first kappa shape index (κ1) is 16.5. The van der Waals surface area contributed by atoms with Crippen molar-refractivity contribution >= 4 is 23.2 Å². The summed E-state index contributed by atoms with van der Waals surface area (Å²) in [5.74, 6) is 0.523. The van der Waals surface area contributed by atoms with Gasteiger partial charge in [-0.15, -0.1) is 0 Å². The molecule has 3 heterocycles. The van der Waals surface area contributed by atoms with Crippen LogP contribution >= 0.6 is 11.3 Å². The van der Waals surface area contributed by atoms with Gasteiger partial charge < -0.3 is 9.80 Å². The molecular weight excluding hydrogens is 310 g/mol. The summed E-state index contributed by atoms with van der Waals surface area (Å²) in [4.78, 5) is 30.3. The van der Waals surface area contributed by atoms with Crippen molar-refractivity contribution in [3.8, 4) is 0 Å². The highest BCUT2D eigenvalue weighted by molar-refractivity contribution is 7.07. The second-order valence-corrected chi connectivity index (χ2v) is 7.29. The van der Waals surface area contributed by atoms with Crippen molar-refractivity contribution in [3.05, 3.63) is 22.4 Å². The van der Waals surface area contributed by atoms with Crippen molar-refractivity contribution in [2.45, 2.75) is 26.3 Å². The molecule has 5 nitrogen and oxygen atoms in total. The summed E-state index contributed by atoms with van der Waals surface area (Å²) in [5.41, 5.74) is 1.37. The minimum absolute atomic E-state index is 0.106. The average molecular weight is 335 g/mol. The minimum atomic E-state index is 0.106. The maximum atomic E-state index is 12.7. The van der Waals surface area contributed by atoms with Crippen LogP contribution in [0, 0.1) is 5.92 Å². The summed E-state index contributed by atoms with van der Waals surface area (Å²) in [6.45, 7) is 7.61. The second-order valence-electron chi connectivity index (χ2n) is 6.51. The van der Waals surface area contributed by atoms with E-state index < -0.39 is 0 Å². The average Bonchev–Trinajstić information content (AvgIpc) is 3.08. The molecule has 0 spiro atoms. The van der Waals surface area contributed by atoms with Crippen LogP contribution < -0.4 is 0 Å². The number of piperidine rings is 1. The van der Waals surface area contributed by atoms with Gasteiger partial charge in [0.15, 0.2) is 0 Å². The third kappa shape index (κ3) is 4.12. The van der Waals surface area contributed by atoms with Crippen LogP contribution in [0.4, 0.5) is 0 Å². The Labute approximate surface area is 141 Å². The first-order chi connectivity index (χ1) is 11.1. The van der Waals surface area contributed by atoms with Crippen molar-refractivity contribution < 1.29 is 9.59 Å². The van der Waals surface area contributed by atoms with Crippen LogP contribution in [0.25, 0.3) is 0 Å². The van der Waals surface area contributed by atoms with Gasteiger partial charge >= 0.3 is 0 Å². The van der Waals surface area contributed by atoms with Crippen molar-refractivity contribution in [2.24, 2.45) is 5.92 Å². The van der Waals surface area contributed by atoms with Gasteiger partial charge in [0.25, 0.3) is 0 Å². The fourth-order valence-corrected chi connectivity index (χ4v) is 4.13. The van der Waals surface area contributed by atoms with Gasteiger partial charge in [0.2, 0.25) is 11.8 Å². The summed E-state index contributed by atoms with van der Waals surface area (Å²) >= 11 is 1.74. The normalized spacial score (nSPS) is 20.7. The van der Waals surface area contributed by atoms with Crippen LogP contribution in [0.15, 0.2) is 16.8 Å². The van der Waals surface area contributed by atoms with Gasteiger partial charge in [-0.3, -0.25) is 14.5 Å². The minimum Gasteiger partial charge on any atom is -0.343 e. The number of carbonyl (C=O) groups is 2. The van der Waals surface area contributed by atoms with E-state index in [4.69, 9.17) is 0 Å². The molecule has 1 aromatic heterocycles. The van der Waals surface area contributed by atoms with Gasteiger partial charge in [-0.1, -0.05) is 0 Å². The first-order valence-corrected chi connectivity index (χ1v) is 9.35. The van der Waals surface area contributed by atoms with Crippen LogP contribution in [0.2, 0.25) is 0 Å². The number of hydrogen-bond donors (Lipinski definition) is 0. The van der Waals surface area contributed by atoms with E-state index in [1.807, 2.05) is 9.80 Å². The van der Waals surface area contributed by atoms with Crippen molar-refractivity contribution in [3.63, 3.8) is 0 Å². The van der Waals surface area contributed by atoms with Crippen LogP contribution in [0.5, 0.6) is 0 Å². The molecule has 0 N–H and O–H groups in total. The van der Waals surface area contributed by atoms with E-state index in [2.05, 4.69) is 21.7 Å². The third-order valence-electron chi connectivity index (χ3n) is 4.96. The number of hydrogen-bond acceptors (Lipinski definition) is 4. The van der Waals surface area contributed by atoms with Crippen molar-refractivity contribution in [2.75, 3.05) is 39.3 Å². The van der Waals surface area contributed by atoms with Crippen molar-refractivity contribution in [1.29, 1.82) is 0 Å². The number of carbonyl (C=O) groups excluding carboxylic acids is 2. The van der Waals surface area contributed by atoms with Crippen LogP contribution in [-0.2, 0) is 16.1 Å². The van der Waals surface area contributed by atoms with E-state index in [-0.39, 0.29) is 11.8 Å². The predicted molar refractivity (Wildman–Crippen MR) is 91.2 cm³/mol. The van der Waals surface area contributed by atoms with E-state index >= 15 is 0 Å². The smallest absolute Gasteiger partial charge is 0.225 e. The van der Waals surface area contributed by atoms with Gasteiger partial charge in [-0.2, -0.15) is 11.3 Å². The Kier molecular flexibility index (Phi) is 5.33. The molecule has 0 bridgehead atoms. The number of piperazine rings is 1. The van der Waals surface area contributed by atoms with E-state index in [1.165, 1.54) is 5.56 Å². The molecule has 2 aliphatic heterocycles. The zero-order valence-electron chi connectivity index (χ0n) is 13.7. The number of thiophene rings is 1. The lowest BCUT2D eigenvalue weighted by Crippen LogP contribution is -2.51. The van der Waals surface area contributed by atoms with E-state index in [0.29, 0.717) is 5.91 Å². The summed E-state index contributed by atoms with van der Waals surface area (Å²) in [5, 5.41) is 4.31. The molecule has 2 fully saturated rings. The van der Waals surface area contributed by atoms with Gasteiger partial charge in [0.1, 0.15) is 0 Å². The van der Waals surface area contributed by atoms with Crippen LogP contribution in [0.1, 0.15) is 25.3 Å². The highest BCUT2D eigenvalue weighted by Crippen LogP contribution is 2.21. The van der Waals surface area contributed by atoms with E-state index in [1.54, 1.807) is 18.3 Å². The van der Waals surface area contributed by atoms with Gasteiger partial charge in [-0.25, -0.2) is 0 Å². The summed E-state index contributed by atoms with van der Waals surface area (Å²) in [7, 11) is 0. The molecule has 2 aliphatic rings. The highest BCUT2D eigenvalue weighted by atomic mass is 32.1. The molecule has 1 aromatic rings. The fourth-order valence-electron chi connectivity index (χ4n) is 3.47. The monoisotopic (exact) mass is 335 g/mol. The molecule has 6 heteroatoms. The topological polar surface area (TPSA) is 43.9 Å². The Morgan fingerprint density at radius 1 is 1.09 bits per heavy atom. The van der Waals surface area contributed by atoms with Gasteiger partial charge in [-0.05, 0) is 35.2 Å². The van der Waals surface area contributed by atoms with Crippen LogP contribution in [-0.4, -0.2) is 65.8 Å². The Bertz CT molecular complexity index is 530. The molecule has 0 aliphatic carbocycles. The number of amides is 2. The number of rotatable bonds is 3. The summed E-state index contributed by atoms with van der Waals surface area (Å²) in [6.07, 6.45) is 1.63. The summed E-state index contributed by atoms with van der Waals surface area (Å²) in [6, 6.07) is 2.17. The SMILES string of the molecule is CC(=O)N1CCC(C(=O)N2CCN(Cc3ccsc3)CC2)CC1. The Morgan fingerprint density at radius 2 is 1.78 bits per heavy atom. The first-order valence-electron chi connectivity index (χ1n) is 8.41. The lowest BCUT2D eigenvalue weighted by atomic mass is 9.95. The molecule has 126 valence electrons. The lowest BCUT2D eigenvalue weighted by Gasteiger charge is -2.38. The molecule has 2 saturated heterocycles. The molecular formula is C17H25N3O2S. The third-order valence-corrected chi connectivity index (χ3v) is 5.69. The standard InChI is InChI=1S/C17H25N3O2S/c1-14(21)19-5-2-16(3-6-19)17(22)20-9-7-18(8-10-20)12-15-4-11-23-13-15/h4,11,13,16H,2-3,5-10,12H2,1H3. The molecule has 23 heavy (non-hydrogen) atoms. The molecule has 0 aromatic carbocycles. The quantitative estimate of drug-likeness (QED) is 0.844. The predicted octanol–water partition coefficient (Wildman–Crippen LogP) is 1.65. The molecule has 0 saturated carbocycles. The van der Waals surface area contributed by atoms with E-state index in [0.717, 1.165) is 58.7 Å². The van der Waals surface area contributed by atoms with Gasteiger partial charge in [0.05, 0.1) is 0 Å². The number of likely N-dealkylation sites (tertiary alicyclic amines) is 1. The Balaban J connectivity index is 1.44. The molecule has 2 amide bonds. The zero-order chi connectivity index (χ0) is 16.2. The fraction of sp³-hybridized carbons (Fsp3) is 0.647. The lowest BCUT2D eigenvalue weighted by molar-refractivity contribution is -0.141. The number of nitrogens with zero attached hydrogens (tertiary/aromatic N) is 3. The van der Waals surface area contributed by atoms with E-state index in [9.17, 15) is 9.59 Å². The van der Waals surface area contributed by atoms with Gasteiger partial charge in [0, 0.05) is 58.7 Å². The summed E-state index contributed by atoms with van der Waals surface area (Å²) < 4.78 is 0. The maximum Gasteiger partial charge on any atom is 0.225 e.